The second-order valence-corrected chi connectivity index (χ2v) is 13.3. The molecule has 0 spiro atoms. The first-order chi connectivity index (χ1) is 21.7. The summed E-state index contributed by atoms with van der Waals surface area (Å²) in [5, 5.41) is 23.1. The van der Waals surface area contributed by atoms with Gasteiger partial charge >= 0.3 is 0 Å². The molecule has 0 radical (unpaired) electrons. The lowest BCUT2D eigenvalue weighted by Gasteiger charge is -2.28. The number of terminal acetylenes is 1. The molecule has 0 N–H and O–H groups in total. The fourth-order valence-electron chi connectivity index (χ4n) is 6.64. The van der Waals surface area contributed by atoms with Gasteiger partial charge in [0.2, 0.25) is 0 Å². The molecule has 0 saturated heterocycles. The molecular weight excluding hydrogens is 575 g/mol. The molecule has 5 heteroatoms. The van der Waals surface area contributed by atoms with Gasteiger partial charge in [0.05, 0.1) is 40.2 Å². The second kappa shape index (κ2) is 10.5. The van der Waals surface area contributed by atoms with E-state index in [-0.39, 0.29) is 11.8 Å². The zero-order valence-corrected chi connectivity index (χ0v) is 25.1. The quantitative estimate of drug-likeness (QED) is 0.191. The summed E-state index contributed by atoms with van der Waals surface area (Å²) in [5.74, 6) is 2.49. The van der Waals surface area contributed by atoms with Gasteiger partial charge in [0, 0.05) is 48.7 Å². The van der Waals surface area contributed by atoms with E-state index >= 15 is 0 Å². The van der Waals surface area contributed by atoms with Crippen LogP contribution in [0.3, 0.4) is 0 Å². The smallest absolute Gasteiger partial charge is 0.0991 e. The average Bonchev–Trinajstić information content (AvgIpc) is 3.74. The molecule has 3 nitrogen and oxygen atoms in total. The largest absolute Gasteiger partial charge is 0.312 e. The summed E-state index contributed by atoms with van der Waals surface area (Å²) in [5.41, 5.74) is 7.16. The number of para-hydroxylation sites is 2. The average molecular weight is 598 g/mol. The Balaban J connectivity index is 1.24. The Morgan fingerprint density at radius 1 is 0.886 bits per heavy atom. The zero-order chi connectivity index (χ0) is 29.8. The van der Waals surface area contributed by atoms with Crippen molar-refractivity contribution in [1.29, 1.82) is 10.5 Å². The summed E-state index contributed by atoms with van der Waals surface area (Å²) >= 11 is 3.45. The Morgan fingerprint density at radius 3 is 2.39 bits per heavy atom. The van der Waals surface area contributed by atoms with Crippen LogP contribution in [0.15, 0.2) is 113 Å². The molecule has 3 heterocycles. The van der Waals surface area contributed by atoms with E-state index in [1.807, 2.05) is 30.4 Å². The van der Waals surface area contributed by atoms with E-state index in [1.165, 1.54) is 26.1 Å². The van der Waals surface area contributed by atoms with Crippen LogP contribution in [0.1, 0.15) is 33.0 Å². The van der Waals surface area contributed by atoms with E-state index in [2.05, 4.69) is 102 Å². The molecule has 4 aromatic carbocycles. The van der Waals surface area contributed by atoms with Crippen LogP contribution in [0.25, 0.3) is 43.7 Å². The van der Waals surface area contributed by atoms with Crippen LogP contribution < -0.4 is 0 Å². The van der Waals surface area contributed by atoms with Crippen molar-refractivity contribution in [1.82, 2.24) is 4.57 Å². The summed E-state index contributed by atoms with van der Waals surface area (Å²) in [6, 6.07) is 34.2. The van der Waals surface area contributed by atoms with Gasteiger partial charge in [-0.05, 0) is 70.6 Å². The first kappa shape index (κ1) is 26.4. The Hall–Kier alpha value is -5.25. The lowest BCUT2D eigenvalue weighted by Crippen LogP contribution is -2.17. The molecule has 0 fully saturated rings. The van der Waals surface area contributed by atoms with Crippen LogP contribution in [0.4, 0.5) is 0 Å². The maximum absolute atomic E-state index is 10.4. The van der Waals surface area contributed by atoms with Gasteiger partial charge in [-0.3, -0.25) is 0 Å². The fraction of sp³-hybridized carbons (Fsp3) is 0.0769. The number of thioether (sulfide) groups is 1. The molecule has 2 aromatic heterocycles. The van der Waals surface area contributed by atoms with Gasteiger partial charge in [-0.15, -0.1) is 17.8 Å². The molecule has 2 aliphatic rings. The highest BCUT2D eigenvalue weighted by atomic mass is 32.2. The van der Waals surface area contributed by atoms with Crippen molar-refractivity contribution < 1.29 is 0 Å². The van der Waals surface area contributed by atoms with Crippen LogP contribution in [0, 0.1) is 40.9 Å². The van der Waals surface area contributed by atoms with Crippen molar-refractivity contribution >= 4 is 66.8 Å². The first-order valence-electron chi connectivity index (χ1n) is 14.4. The molecule has 8 rings (SSSR count). The maximum Gasteiger partial charge on any atom is 0.0991 e. The molecule has 2 unspecified atom stereocenters. The highest BCUT2D eigenvalue weighted by Gasteiger charge is 2.31. The lowest BCUT2D eigenvalue weighted by atomic mass is 9.80. The SMILES string of the molecule is C#Cc1c(/C=C2\Cc3cc(C#N)ccc3S2)sc2ccc(C3C(n4c5ccccc5c5ccccc54)=CC=CC3C#N)cc12. The molecule has 0 amide bonds. The molecule has 44 heavy (non-hydrogen) atoms. The molecule has 2 atom stereocenters. The number of rotatable bonds is 3. The number of hydrogen-bond donors (Lipinski definition) is 0. The Morgan fingerprint density at radius 2 is 1.66 bits per heavy atom. The molecule has 0 bridgehead atoms. The van der Waals surface area contributed by atoms with Gasteiger partial charge < -0.3 is 4.57 Å². The number of benzene rings is 4. The van der Waals surface area contributed by atoms with Gasteiger partial charge in [-0.2, -0.15) is 10.5 Å². The van der Waals surface area contributed by atoms with E-state index in [0.29, 0.717) is 5.56 Å². The predicted molar refractivity (Wildman–Crippen MR) is 183 cm³/mol. The highest BCUT2D eigenvalue weighted by Crippen LogP contribution is 2.46. The van der Waals surface area contributed by atoms with Gasteiger partial charge in [0.15, 0.2) is 0 Å². The Labute approximate surface area is 263 Å². The second-order valence-electron chi connectivity index (χ2n) is 11.0. The van der Waals surface area contributed by atoms with Crippen molar-refractivity contribution in [2.75, 3.05) is 0 Å². The van der Waals surface area contributed by atoms with Crippen molar-refractivity contribution in [2.24, 2.45) is 5.92 Å². The zero-order valence-electron chi connectivity index (χ0n) is 23.5. The summed E-state index contributed by atoms with van der Waals surface area (Å²) in [7, 11) is 0. The van der Waals surface area contributed by atoms with E-state index < -0.39 is 0 Å². The molecule has 1 aliphatic carbocycles. The van der Waals surface area contributed by atoms with Crippen LogP contribution in [0.5, 0.6) is 0 Å². The van der Waals surface area contributed by atoms with Gasteiger partial charge in [0.1, 0.15) is 0 Å². The number of allylic oxidation sites excluding steroid dienone is 5. The van der Waals surface area contributed by atoms with Crippen LogP contribution in [-0.4, -0.2) is 4.57 Å². The molecule has 0 saturated carbocycles. The summed E-state index contributed by atoms with van der Waals surface area (Å²) < 4.78 is 3.45. The maximum atomic E-state index is 10.4. The van der Waals surface area contributed by atoms with E-state index in [1.54, 1.807) is 23.1 Å². The number of fused-ring (bicyclic) bond motifs is 5. The third-order valence-corrected chi connectivity index (χ3v) is 10.8. The van der Waals surface area contributed by atoms with E-state index in [9.17, 15) is 10.5 Å². The number of thiophene rings is 1. The van der Waals surface area contributed by atoms with Gasteiger partial charge in [-0.25, -0.2) is 0 Å². The predicted octanol–water partition coefficient (Wildman–Crippen LogP) is 9.89. The van der Waals surface area contributed by atoms with E-state index in [0.717, 1.165) is 49.2 Å². The summed E-state index contributed by atoms with van der Waals surface area (Å²) in [6.45, 7) is 0. The van der Waals surface area contributed by atoms with Crippen molar-refractivity contribution in [3.05, 3.63) is 135 Å². The standard InChI is InChI=1S/C39H23N3S2/c1-2-29-32-20-25(15-17-37(32)44-38(29)21-28-19-27-18-24(22-40)14-16-36(27)43-28)39-26(23-41)8-7-13-35(39)42-33-11-5-3-9-30(33)31-10-4-6-12-34(31)42/h1,3-18,20-21,26,39H,19H2/b28-21+. The van der Waals surface area contributed by atoms with Crippen LogP contribution in [0.2, 0.25) is 0 Å². The van der Waals surface area contributed by atoms with Crippen molar-refractivity contribution in [2.45, 2.75) is 17.2 Å². The number of hydrogen-bond acceptors (Lipinski definition) is 4. The normalized spacial score (nSPS) is 18.3. The number of nitriles is 2. The molecular formula is C39H23N3S2. The lowest BCUT2D eigenvalue weighted by molar-refractivity contribution is 0.705. The first-order valence-corrected chi connectivity index (χ1v) is 16.0. The monoisotopic (exact) mass is 597 g/mol. The Kier molecular flexibility index (Phi) is 6.28. The number of nitrogens with zero attached hydrogens (tertiary/aromatic N) is 3. The number of aromatic nitrogens is 1. The summed E-state index contributed by atoms with van der Waals surface area (Å²) in [4.78, 5) is 3.48. The van der Waals surface area contributed by atoms with Crippen molar-refractivity contribution in [3.63, 3.8) is 0 Å². The minimum atomic E-state index is -0.325. The minimum Gasteiger partial charge on any atom is -0.312 e. The molecule has 6 aromatic rings. The molecule has 206 valence electrons. The topological polar surface area (TPSA) is 52.5 Å². The van der Waals surface area contributed by atoms with E-state index in [4.69, 9.17) is 6.42 Å². The fourth-order valence-corrected chi connectivity index (χ4v) is 8.92. The van der Waals surface area contributed by atoms with Gasteiger partial charge in [-0.1, -0.05) is 72.3 Å². The Bertz CT molecular complexity index is 2340. The van der Waals surface area contributed by atoms with Crippen molar-refractivity contribution in [3.8, 4) is 24.5 Å². The van der Waals surface area contributed by atoms with Crippen LogP contribution >= 0.6 is 23.1 Å². The van der Waals surface area contributed by atoms with Crippen LogP contribution in [-0.2, 0) is 6.42 Å². The third-order valence-electron chi connectivity index (χ3n) is 8.58. The summed E-state index contributed by atoms with van der Waals surface area (Å²) in [6.07, 6.45) is 15.4. The highest BCUT2D eigenvalue weighted by molar-refractivity contribution is 8.03. The third kappa shape index (κ3) is 4.12. The minimum absolute atomic E-state index is 0.171. The molecule has 1 aliphatic heterocycles. The van der Waals surface area contributed by atoms with Gasteiger partial charge in [0.25, 0.3) is 0 Å².